The van der Waals surface area contributed by atoms with E-state index in [1.807, 2.05) is 37.3 Å². The van der Waals surface area contributed by atoms with Crippen molar-refractivity contribution in [1.82, 2.24) is 9.80 Å². The molecule has 0 aliphatic carbocycles. The van der Waals surface area contributed by atoms with Crippen molar-refractivity contribution in [2.75, 3.05) is 26.7 Å². The second-order valence-electron chi connectivity index (χ2n) is 7.77. The quantitative estimate of drug-likeness (QED) is 0.664. The number of amides is 2. The minimum Gasteiger partial charge on any atom is -0.455 e. The minimum absolute atomic E-state index is 0.131. The fourth-order valence-electron chi connectivity index (χ4n) is 3.62. The first-order valence-electron chi connectivity index (χ1n) is 10.4. The van der Waals surface area contributed by atoms with Crippen LogP contribution in [0.1, 0.15) is 41.7 Å². The molecule has 0 bridgehead atoms. The van der Waals surface area contributed by atoms with E-state index in [1.165, 1.54) is 24.3 Å². The zero-order valence-corrected chi connectivity index (χ0v) is 17.8. The van der Waals surface area contributed by atoms with Crippen LogP contribution in [-0.4, -0.2) is 54.3 Å². The highest BCUT2D eigenvalue weighted by Gasteiger charge is 2.29. The number of likely N-dealkylation sites (tertiary alicyclic amines) is 1. The molecule has 1 aliphatic heterocycles. The van der Waals surface area contributed by atoms with E-state index in [2.05, 4.69) is 0 Å². The van der Waals surface area contributed by atoms with Gasteiger partial charge in [-0.2, -0.15) is 0 Å². The number of ether oxygens (including phenoxy) is 1. The lowest BCUT2D eigenvalue weighted by molar-refractivity contribution is -0.156. The van der Waals surface area contributed by atoms with Gasteiger partial charge < -0.3 is 14.5 Å². The highest BCUT2D eigenvalue weighted by molar-refractivity contribution is 5.94. The summed E-state index contributed by atoms with van der Waals surface area (Å²) in [4.78, 5) is 40.6. The molecule has 1 aliphatic rings. The number of hydrogen-bond donors (Lipinski definition) is 0. The lowest BCUT2D eigenvalue weighted by atomic mass is 9.96. The van der Waals surface area contributed by atoms with Crippen molar-refractivity contribution in [3.05, 3.63) is 71.5 Å². The number of carbonyl (C=O) groups excluding carboxylic acids is 3. The van der Waals surface area contributed by atoms with Crippen LogP contribution < -0.4 is 0 Å². The summed E-state index contributed by atoms with van der Waals surface area (Å²) in [5.41, 5.74) is 1.42. The van der Waals surface area contributed by atoms with Gasteiger partial charge >= 0.3 is 5.97 Å². The lowest BCUT2D eigenvalue weighted by Gasteiger charge is -2.31. The third-order valence-corrected chi connectivity index (χ3v) is 5.80. The standard InChI is InChI=1S/C24H27FN2O4/c1-17(18-6-4-3-5-7-18)26(2)22(28)16-31-24(30)20-12-14-27(15-13-20)23(29)19-8-10-21(25)11-9-19/h3-11,17,20H,12-16H2,1-2H3/t17-/m1/s1. The number of hydrogen-bond acceptors (Lipinski definition) is 4. The third kappa shape index (κ3) is 5.69. The summed E-state index contributed by atoms with van der Waals surface area (Å²) in [6.07, 6.45) is 0.937. The summed E-state index contributed by atoms with van der Waals surface area (Å²) in [7, 11) is 1.69. The van der Waals surface area contributed by atoms with Gasteiger partial charge in [-0.25, -0.2) is 4.39 Å². The number of likely N-dealkylation sites (N-methyl/N-ethyl adjacent to an activating group) is 1. The Morgan fingerprint density at radius 2 is 1.68 bits per heavy atom. The molecule has 3 rings (SSSR count). The Balaban J connectivity index is 1.45. The van der Waals surface area contributed by atoms with Crippen LogP contribution in [0.4, 0.5) is 4.39 Å². The smallest absolute Gasteiger partial charge is 0.309 e. The van der Waals surface area contributed by atoms with Crippen molar-refractivity contribution >= 4 is 17.8 Å². The summed E-state index contributed by atoms with van der Waals surface area (Å²) >= 11 is 0. The van der Waals surface area contributed by atoms with Gasteiger partial charge in [0.2, 0.25) is 0 Å². The molecule has 164 valence electrons. The van der Waals surface area contributed by atoms with Crippen LogP contribution in [0.25, 0.3) is 0 Å². The van der Waals surface area contributed by atoms with Crippen molar-refractivity contribution in [2.45, 2.75) is 25.8 Å². The van der Waals surface area contributed by atoms with E-state index < -0.39 is 11.8 Å². The Hall–Kier alpha value is -3.22. The molecule has 0 N–H and O–H groups in total. The van der Waals surface area contributed by atoms with E-state index in [0.29, 0.717) is 31.5 Å². The molecule has 0 radical (unpaired) electrons. The van der Waals surface area contributed by atoms with Gasteiger partial charge in [-0.3, -0.25) is 14.4 Å². The third-order valence-electron chi connectivity index (χ3n) is 5.80. The first kappa shape index (κ1) is 22.5. The molecule has 0 spiro atoms. The normalized spacial score (nSPS) is 15.3. The van der Waals surface area contributed by atoms with Crippen molar-refractivity contribution < 1.29 is 23.5 Å². The SMILES string of the molecule is C[C@H](c1ccccc1)N(C)C(=O)COC(=O)C1CCN(C(=O)c2ccc(F)cc2)CC1. The van der Waals surface area contributed by atoms with E-state index >= 15 is 0 Å². The predicted molar refractivity (Wildman–Crippen MR) is 114 cm³/mol. The number of rotatable bonds is 6. The number of benzene rings is 2. The monoisotopic (exact) mass is 426 g/mol. The van der Waals surface area contributed by atoms with Gasteiger partial charge in [0.15, 0.2) is 6.61 Å². The average molecular weight is 426 g/mol. The Morgan fingerprint density at radius 3 is 2.29 bits per heavy atom. The second kappa shape index (κ2) is 10.2. The van der Waals surface area contributed by atoms with Crippen LogP contribution in [0.15, 0.2) is 54.6 Å². The topological polar surface area (TPSA) is 66.9 Å². The number of esters is 1. The molecule has 2 aromatic carbocycles. The number of carbonyl (C=O) groups is 3. The molecule has 6 nitrogen and oxygen atoms in total. The summed E-state index contributed by atoms with van der Waals surface area (Å²) in [6.45, 7) is 2.44. The maximum absolute atomic E-state index is 13.0. The van der Waals surface area contributed by atoms with Gasteiger partial charge in [-0.1, -0.05) is 30.3 Å². The van der Waals surface area contributed by atoms with Gasteiger partial charge in [0, 0.05) is 25.7 Å². The van der Waals surface area contributed by atoms with Gasteiger partial charge in [-0.05, 0) is 49.6 Å². The maximum atomic E-state index is 13.0. The van der Waals surface area contributed by atoms with Gasteiger partial charge in [0.25, 0.3) is 11.8 Å². The van der Waals surface area contributed by atoms with Crippen molar-refractivity contribution in [3.63, 3.8) is 0 Å². The molecule has 2 aromatic rings. The Morgan fingerprint density at radius 1 is 1.06 bits per heavy atom. The number of piperidine rings is 1. The highest BCUT2D eigenvalue weighted by atomic mass is 19.1. The first-order valence-corrected chi connectivity index (χ1v) is 10.4. The molecule has 1 atom stereocenters. The number of halogens is 1. The van der Waals surface area contributed by atoms with Gasteiger partial charge in [-0.15, -0.1) is 0 Å². The summed E-state index contributed by atoms with van der Waals surface area (Å²) < 4.78 is 18.3. The summed E-state index contributed by atoms with van der Waals surface area (Å²) in [6, 6.07) is 14.9. The van der Waals surface area contributed by atoms with Crippen LogP contribution in [-0.2, 0) is 14.3 Å². The van der Waals surface area contributed by atoms with Crippen molar-refractivity contribution in [1.29, 1.82) is 0 Å². The average Bonchev–Trinajstić information content (AvgIpc) is 2.82. The molecule has 31 heavy (non-hydrogen) atoms. The largest absolute Gasteiger partial charge is 0.455 e. The van der Waals surface area contributed by atoms with Crippen LogP contribution >= 0.6 is 0 Å². The fraction of sp³-hybridized carbons (Fsp3) is 0.375. The van der Waals surface area contributed by atoms with Crippen LogP contribution in [0.5, 0.6) is 0 Å². The van der Waals surface area contributed by atoms with Gasteiger partial charge in [0.1, 0.15) is 5.82 Å². The molecule has 2 amide bonds. The minimum atomic E-state index is -0.414. The molecule has 1 fully saturated rings. The van der Waals surface area contributed by atoms with E-state index in [-0.39, 0.29) is 30.4 Å². The van der Waals surface area contributed by atoms with Crippen LogP contribution in [0.2, 0.25) is 0 Å². The fourth-order valence-corrected chi connectivity index (χ4v) is 3.62. The second-order valence-corrected chi connectivity index (χ2v) is 7.77. The molecule has 0 saturated carbocycles. The van der Waals surface area contributed by atoms with E-state index in [4.69, 9.17) is 4.74 Å². The predicted octanol–water partition coefficient (Wildman–Crippen LogP) is 3.44. The van der Waals surface area contributed by atoms with E-state index in [1.54, 1.807) is 16.8 Å². The van der Waals surface area contributed by atoms with Crippen molar-refractivity contribution in [3.8, 4) is 0 Å². The molecule has 0 unspecified atom stereocenters. The summed E-state index contributed by atoms with van der Waals surface area (Å²) in [5.74, 6) is -1.60. The molecular weight excluding hydrogens is 399 g/mol. The lowest BCUT2D eigenvalue weighted by Crippen LogP contribution is -2.41. The zero-order valence-electron chi connectivity index (χ0n) is 17.8. The molecule has 7 heteroatoms. The van der Waals surface area contributed by atoms with Crippen LogP contribution in [0.3, 0.4) is 0 Å². The van der Waals surface area contributed by atoms with Crippen LogP contribution in [0, 0.1) is 11.7 Å². The van der Waals surface area contributed by atoms with E-state index in [0.717, 1.165) is 5.56 Å². The zero-order chi connectivity index (χ0) is 22.4. The first-order chi connectivity index (χ1) is 14.9. The Labute approximate surface area is 181 Å². The van der Waals surface area contributed by atoms with E-state index in [9.17, 15) is 18.8 Å². The van der Waals surface area contributed by atoms with Gasteiger partial charge in [0.05, 0.1) is 12.0 Å². The highest BCUT2D eigenvalue weighted by Crippen LogP contribution is 2.21. The Kier molecular flexibility index (Phi) is 7.39. The molecular formula is C24H27FN2O4. The molecule has 1 saturated heterocycles. The number of nitrogens with zero attached hydrogens (tertiary/aromatic N) is 2. The maximum Gasteiger partial charge on any atom is 0.309 e. The summed E-state index contributed by atoms with van der Waals surface area (Å²) in [5, 5.41) is 0. The Bertz CT molecular complexity index is 909. The molecule has 0 aromatic heterocycles. The van der Waals surface area contributed by atoms with Crippen molar-refractivity contribution in [2.24, 2.45) is 5.92 Å². The molecule has 1 heterocycles.